The van der Waals surface area contributed by atoms with Crippen molar-refractivity contribution >= 4 is 34.7 Å². The van der Waals surface area contributed by atoms with E-state index in [1.807, 2.05) is 0 Å². The summed E-state index contributed by atoms with van der Waals surface area (Å²) in [4.78, 5) is 0. The third-order valence-corrected chi connectivity index (χ3v) is 0.500. The van der Waals surface area contributed by atoms with Crippen molar-refractivity contribution in [2.75, 3.05) is 6.38 Å². The Hall–Kier alpha value is 2.69. The second-order valence-corrected chi connectivity index (χ2v) is 1.000. The van der Waals surface area contributed by atoms with Gasteiger partial charge in [-0.15, -0.1) is 11.6 Å². The zero-order valence-corrected chi connectivity index (χ0v) is 11.8. The van der Waals surface area contributed by atoms with Crippen molar-refractivity contribution in [1.29, 1.82) is 0 Å². The third-order valence-electron chi connectivity index (χ3n) is 0.500. The predicted molar refractivity (Wildman–Crippen MR) is 41.4 cm³/mol. The van der Waals surface area contributed by atoms with Crippen molar-refractivity contribution in [3.8, 4) is 0 Å². The van der Waals surface area contributed by atoms with Gasteiger partial charge < -0.3 is 4.28 Å². The summed E-state index contributed by atoms with van der Waals surface area (Å²) in [6.45, 7) is 4.36. The van der Waals surface area contributed by atoms with Crippen LogP contribution in [0.25, 0.3) is 0 Å². The Morgan fingerprint density at radius 1 is 1.12 bits per heavy atom. The quantitative estimate of drug-likeness (QED) is 0.376. The number of unbranched alkanes of at least 4 members (excludes halogenated alkanes) is 1. The van der Waals surface area contributed by atoms with Gasteiger partial charge in [-0.3, -0.25) is 0 Å². The van der Waals surface area contributed by atoms with Crippen LogP contribution in [0.1, 0.15) is 31.0 Å². The van der Waals surface area contributed by atoms with Crippen molar-refractivity contribution in [3.05, 3.63) is 0 Å². The average molecular weight is 175 g/mol. The van der Waals surface area contributed by atoms with E-state index >= 15 is 0 Å². The Labute approximate surface area is 121 Å². The average Bonchev–Trinajstić information content (AvgIpc) is 1.72. The minimum Gasteiger partial charge on any atom is -1.00 e. The molecule has 0 aliphatic rings. The number of hydrogen-bond acceptors (Lipinski definition) is 0. The van der Waals surface area contributed by atoms with Crippen LogP contribution in [0, 0.1) is 0 Å². The first-order chi connectivity index (χ1) is 2.91. The SMILES string of the molecule is CCCC.CCl.[H-].[H-].[H-].[K+].[Mg+2]. The minimum atomic E-state index is 0. The normalized spacial score (nSPS) is 4.50. The summed E-state index contributed by atoms with van der Waals surface area (Å²) in [6.07, 6.45) is 4.11. The van der Waals surface area contributed by atoms with Crippen LogP contribution in [-0.2, 0) is 0 Å². The van der Waals surface area contributed by atoms with Crippen molar-refractivity contribution in [1.82, 2.24) is 0 Å². The van der Waals surface area contributed by atoms with Crippen LogP contribution in [0.4, 0.5) is 0 Å². The molecule has 0 aromatic heterocycles. The van der Waals surface area contributed by atoms with Crippen molar-refractivity contribution in [3.63, 3.8) is 0 Å². The summed E-state index contributed by atoms with van der Waals surface area (Å²) in [5.74, 6) is 0. The van der Waals surface area contributed by atoms with Gasteiger partial charge in [-0.25, -0.2) is 0 Å². The summed E-state index contributed by atoms with van der Waals surface area (Å²) < 4.78 is 0. The fourth-order valence-electron chi connectivity index (χ4n) is 0. The van der Waals surface area contributed by atoms with Gasteiger partial charge in [0, 0.05) is 6.38 Å². The smallest absolute Gasteiger partial charge is 1.00 e. The first-order valence-electron chi connectivity index (χ1n) is 2.29. The molecular formula is C5H16ClKMg. The molecule has 0 nitrogen and oxygen atoms in total. The number of hydrogen-bond donors (Lipinski definition) is 0. The Bertz CT molecular complexity index is 23.7. The summed E-state index contributed by atoms with van der Waals surface area (Å²) in [6, 6.07) is 0. The second kappa shape index (κ2) is 33.3. The van der Waals surface area contributed by atoms with Crippen LogP contribution in [-0.4, -0.2) is 29.4 Å². The van der Waals surface area contributed by atoms with Gasteiger partial charge in [0.1, 0.15) is 0 Å². The Kier molecular flexibility index (Phi) is 93.2. The molecule has 46 valence electrons. The van der Waals surface area contributed by atoms with Crippen molar-refractivity contribution < 1.29 is 55.7 Å². The molecule has 0 unspecified atom stereocenters. The van der Waals surface area contributed by atoms with Gasteiger partial charge in [-0.05, 0) is 0 Å². The molecule has 0 fully saturated rings. The standard InChI is InChI=1S/C4H10.CH3Cl.K.Mg.3H/c1-3-4-2;1-2;;;;;/h3-4H2,1-2H3;1H3;;;;;/q;;+1;+2;3*-1. The van der Waals surface area contributed by atoms with E-state index in [1.54, 1.807) is 0 Å². The molecule has 0 spiro atoms. The van der Waals surface area contributed by atoms with Crippen LogP contribution < -0.4 is 51.4 Å². The molecule has 0 saturated heterocycles. The van der Waals surface area contributed by atoms with Gasteiger partial charge in [-0.2, -0.15) is 0 Å². The van der Waals surface area contributed by atoms with E-state index in [2.05, 4.69) is 25.4 Å². The molecular weight excluding hydrogens is 159 g/mol. The Balaban J connectivity index is -0.00000000432. The van der Waals surface area contributed by atoms with E-state index in [-0.39, 0.29) is 78.7 Å². The molecule has 0 aliphatic carbocycles. The van der Waals surface area contributed by atoms with E-state index in [0.717, 1.165) is 0 Å². The molecule has 0 rings (SSSR count). The summed E-state index contributed by atoms with van der Waals surface area (Å²) in [5.41, 5.74) is 0. The molecule has 0 aliphatic heterocycles. The van der Waals surface area contributed by atoms with Crippen LogP contribution >= 0.6 is 11.6 Å². The molecule has 0 heterocycles. The third kappa shape index (κ3) is 37.7. The molecule has 8 heavy (non-hydrogen) atoms. The number of rotatable bonds is 1. The van der Waals surface area contributed by atoms with Crippen LogP contribution in [0.3, 0.4) is 0 Å². The molecule has 0 saturated carbocycles. The van der Waals surface area contributed by atoms with Gasteiger partial charge in [0.2, 0.25) is 0 Å². The fraction of sp³-hybridized carbons (Fsp3) is 1.00. The Morgan fingerprint density at radius 3 is 1.25 bits per heavy atom. The molecule has 0 amide bonds. The monoisotopic (exact) mass is 174 g/mol. The van der Waals surface area contributed by atoms with Crippen LogP contribution in [0.2, 0.25) is 0 Å². The van der Waals surface area contributed by atoms with Gasteiger partial charge >= 0.3 is 74.4 Å². The van der Waals surface area contributed by atoms with E-state index in [0.29, 0.717) is 0 Å². The number of alkyl halides is 1. The predicted octanol–water partition coefficient (Wildman–Crippen LogP) is -0.378. The van der Waals surface area contributed by atoms with Crippen molar-refractivity contribution in [2.24, 2.45) is 0 Å². The zero-order chi connectivity index (χ0) is 5.41. The first kappa shape index (κ1) is 22.4. The van der Waals surface area contributed by atoms with Crippen LogP contribution in [0.15, 0.2) is 0 Å². The molecule has 0 aromatic rings. The van der Waals surface area contributed by atoms with E-state index in [9.17, 15) is 0 Å². The largest absolute Gasteiger partial charge is 2.00 e. The maximum absolute atomic E-state index is 4.64. The molecule has 3 heteroatoms. The van der Waals surface area contributed by atoms with E-state index in [4.69, 9.17) is 0 Å². The Morgan fingerprint density at radius 2 is 1.25 bits per heavy atom. The topological polar surface area (TPSA) is 0 Å². The summed E-state index contributed by atoms with van der Waals surface area (Å²) >= 11 is 4.64. The number of halogens is 1. The summed E-state index contributed by atoms with van der Waals surface area (Å²) in [7, 11) is 0. The van der Waals surface area contributed by atoms with Gasteiger partial charge in [0.05, 0.1) is 0 Å². The zero-order valence-electron chi connectivity index (χ0n) is 9.50. The van der Waals surface area contributed by atoms with Crippen molar-refractivity contribution in [2.45, 2.75) is 26.7 Å². The molecule has 0 N–H and O–H groups in total. The van der Waals surface area contributed by atoms with Gasteiger partial charge in [0.25, 0.3) is 0 Å². The van der Waals surface area contributed by atoms with Crippen LogP contribution in [0.5, 0.6) is 0 Å². The summed E-state index contributed by atoms with van der Waals surface area (Å²) in [5, 5.41) is 0. The van der Waals surface area contributed by atoms with Gasteiger partial charge in [-0.1, -0.05) is 26.7 Å². The molecule has 0 bridgehead atoms. The molecule has 0 aromatic carbocycles. The molecule has 0 radical (unpaired) electrons. The second-order valence-electron chi connectivity index (χ2n) is 1.000. The first-order valence-corrected chi connectivity index (χ1v) is 3.05. The fourth-order valence-corrected chi connectivity index (χ4v) is 0. The molecule has 0 atom stereocenters. The minimum absolute atomic E-state index is 0. The van der Waals surface area contributed by atoms with E-state index in [1.165, 1.54) is 19.2 Å². The van der Waals surface area contributed by atoms with Gasteiger partial charge in [0.15, 0.2) is 0 Å². The maximum Gasteiger partial charge on any atom is 2.00 e. The maximum atomic E-state index is 4.64. The van der Waals surface area contributed by atoms with E-state index < -0.39 is 0 Å².